The summed E-state index contributed by atoms with van der Waals surface area (Å²) in [5.41, 5.74) is 8.64. The molecular weight excluding hydrogens is 625 g/mol. The number of nitrogens with zero attached hydrogens (tertiary/aromatic N) is 1. The van der Waals surface area contributed by atoms with Crippen molar-refractivity contribution in [1.29, 1.82) is 0 Å². The smallest absolute Gasteiger partial charge is 0.171 e. The van der Waals surface area contributed by atoms with Gasteiger partial charge in [-0.25, -0.2) is 0 Å². The van der Waals surface area contributed by atoms with Crippen LogP contribution in [0.3, 0.4) is 0 Å². The van der Waals surface area contributed by atoms with Crippen molar-refractivity contribution < 1.29 is 4.57 Å². The van der Waals surface area contributed by atoms with Gasteiger partial charge >= 0.3 is 0 Å². The highest BCUT2D eigenvalue weighted by atomic mass is 31.2. The van der Waals surface area contributed by atoms with E-state index in [4.69, 9.17) is 0 Å². The first-order valence-electron chi connectivity index (χ1n) is 17.3. The second-order valence-corrected chi connectivity index (χ2v) is 16.8. The molecule has 0 unspecified atom stereocenters. The average Bonchev–Trinajstić information content (AvgIpc) is 3.51. The number of hydrogen-bond donors (Lipinski definition) is 0. The summed E-state index contributed by atoms with van der Waals surface area (Å²) < 4.78 is 17.7. The van der Waals surface area contributed by atoms with E-state index in [0.29, 0.717) is 0 Å². The molecular formula is C47H34NOP. The average molecular weight is 660 g/mol. The molecule has 0 fully saturated rings. The Morgan fingerprint density at radius 1 is 0.500 bits per heavy atom. The maximum atomic E-state index is 15.2. The number of benzene rings is 8. The normalized spacial score (nSPS) is 13.6. The highest BCUT2D eigenvalue weighted by Crippen LogP contribution is 2.53. The van der Waals surface area contributed by atoms with Crippen molar-refractivity contribution in [3.8, 4) is 16.8 Å². The molecule has 0 N–H and O–H groups in total. The summed E-state index contributed by atoms with van der Waals surface area (Å²) in [5, 5.41) is 10.0. The number of rotatable bonds is 4. The van der Waals surface area contributed by atoms with E-state index in [-0.39, 0.29) is 5.41 Å². The largest absolute Gasteiger partial charge is 0.309 e. The fourth-order valence-corrected chi connectivity index (χ4v) is 11.3. The van der Waals surface area contributed by atoms with E-state index in [1.54, 1.807) is 0 Å². The van der Waals surface area contributed by atoms with Gasteiger partial charge in [-0.3, -0.25) is 0 Å². The van der Waals surface area contributed by atoms with E-state index in [2.05, 4.69) is 128 Å². The molecule has 0 atom stereocenters. The molecule has 2 nitrogen and oxygen atoms in total. The molecule has 0 saturated heterocycles. The van der Waals surface area contributed by atoms with Gasteiger partial charge in [0.25, 0.3) is 0 Å². The summed E-state index contributed by atoms with van der Waals surface area (Å²) in [6.45, 7) is 4.71. The second-order valence-electron chi connectivity index (χ2n) is 14.0. The first-order valence-corrected chi connectivity index (χ1v) is 19.0. The first kappa shape index (κ1) is 29.2. The fraction of sp³-hybridized carbons (Fsp3) is 0.0638. The third-order valence-electron chi connectivity index (χ3n) is 11.0. The standard InChI is InChI=1S/C47H34NOP/c1-47(2)40-22-12-11-21-38(40)45-43-32(15-13-23-41(43)47)30-42-44(45)39-29-24-31-14-9-10-20-37(31)46(39)48(42)33-25-27-36(28-26-33)50(49,34-16-5-3-6-17-34)35-18-7-4-8-19-35/h3-30H,1-2H3. The molecule has 0 saturated carbocycles. The predicted molar refractivity (Wildman–Crippen MR) is 213 cm³/mol. The lowest BCUT2D eigenvalue weighted by molar-refractivity contribution is 0.592. The minimum Gasteiger partial charge on any atom is -0.309 e. The summed E-state index contributed by atoms with van der Waals surface area (Å²) in [5.74, 6) is 0. The van der Waals surface area contributed by atoms with E-state index in [9.17, 15) is 0 Å². The van der Waals surface area contributed by atoms with Crippen molar-refractivity contribution in [2.24, 2.45) is 0 Å². The van der Waals surface area contributed by atoms with E-state index < -0.39 is 7.14 Å². The van der Waals surface area contributed by atoms with Gasteiger partial charge in [0.2, 0.25) is 0 Å². The lowest BCUT2D eigenvalue weighted by Gasteiger charge is -2.35. The topological polar surface area (TPSA) is 22.0 Å². The Hall–Kier alpha value is -5.69. The zero-order valence-corrected chi connectivity index (χ0v) is 28.9. The maximum Gasteiger partial charge on any atom is 0.171 e. The quantitative estimate of drug-likeness (QED) is 0.172. The Balaban J connectivity index is 1.31. The molecule has 50 heavy (non-hydrogen) atoms. The zero-order valence-electron chi connectivity index (χ0n) is 28.0. The molecule has 238 valence electrons. The molecule has 9 aromatic rings. The molecule has 1 aliphatic rings. The molecule has 1 aromatic heterocycles. The molecule has 0 spiro atoms. The van der Waals surface area contributed by atoms with Gasteiger partial charge in [0, 0.05) is 48.7 Å². The zero-order chi connectivity index (χ0) is 33.6. The molecule has 8 aromatic carbocycles. The SMILES string of the molecule is CC1(C)c2ccccc2-c2c3c1cccc3cc1c2c2ccc3ccccc3c2n1-c1ccc(P(=O)(c2ccccc2)c2ccccc2)cc1. The molecule has 0 amide bonds. The molecule has 1 aliphatic carbocycles. The van der Waals surface area contributed by atoms with Crippen LogP contribution in [-0.2, 0) is 9.98 Å². The van der Waals surface area contributed by atoms with Crippen molar-refractivity contribution in [2.75, 3.05) is 0 Å². The summed E-state index contributed by atoms with van der Waals surface area (Å²) in [4.78, 5) is 0. The van der Waals surface area contributed by atoms with Crippen LogP contribution in [0.15, 0.2) is 170 Å². The molecule has 10 rings (SSSR count). The lowest BCUT2D eigenvalue weighted by Crippen LogP contribution is -2.25. The predicted octanol–water partition coefficient (Wildman–Crippen LogP) is 11.0. The van der Waals surface area contributed by atoms with Crippen LogP contribution in [0.2, 0.25) is 0 Å². The van der Waals surface area contributed by atoms with Crippen molar-refractivity contribution in [1.82, 2.24) is 4.57 Å². The van der Waals surface area contributed by atoms with Crippen LogP contribution in [0.5, 0.6) is 0 Å². The number of aromatic nitrogens is 1. The monoisotopic (exact) mass is 659 g/mol. The maximum absolute atomic E-state index is 15.2. The van der Waals surface area contributed by atoms with Gasteiger partial charge in [-0.05, 0) is 63.2 Å². The Bertz CT molecular complexity index is 2800. The van der Waals surface area contributed by atoms with Crippen molar-refractivity contribution in [3.63, 3.8) is 0 Å². The van der Waals surface area contributed by atoms with Crippen LogP contribution in [-0.4, -0.2) is 4.57 Å². The molecule has 0 aliphatic heterocycles. The number of fused-ring (bicyclic) bond motifs is 8. The van der Waals surface area contributed by atoms with Crippen LogP contribution in [0.1, 0.15) is 25.0 Å². The Morgan fingerprint density at radius 2 is 1.10 bits per heavy atom. The van der Waals surface area contributed by atoms with Crippen LogP contribution < -0.4 is 15.9 Å². The minimum atomic E-state index is -3.11. The van der Waals surface area contributed by atoms with E-state index in [0.717, 1.165) is 21.6 Å². The first-order chi connectivity index (χ1) is 24.5. The summed E-state index contributed by atoms with van der Waals surface area (Å²) in [6, 6.07) is 59.8. The fourth-order valence-electron chi connectivity index (χ4n) is 8.69. The van der Waals surface area contributed by atoms with Gasteiger partial charge < -0.3 is 9.13 Å². The Labute approximate surface area is 291 Å². The third kappa shape index (κ3) is 3.94. The van der Waals surface area contributed by atoms with Gasteiger partial charge in [-0.2, -0.15) is 0 Å². The van der Waals surface area contributed by atoms with E-state index in [1.165, 1.54) is 65.6 Å². The molecule has 1 heterocycles. The van der Waals surface area contributed by atoms with Crippen LogP contribution in [0.25, 0.3) is 60.2 Å². The molecule has 0 radical (unpaired) electrons. The lowest BCUT2D eigenvalue weighted by atomic mass is 9.68. The van der Waals surface area contributed by atoms with Gasteiger partial charge in [0.15, 0.2) is 7.14 Å². The molecule has 0 bridgehead atoms. The summed E-state index contributed by atoms with van der Waals surface area (Å²) in [7, 11) is -3.11. The molecule has 3 heteroatoms. The number of hydrogen-bond acceptors (Lipinski definition) is 1. The van der Waals surface area contributed by atoms with Gasteiger partial charge in [0.1, 0.15) is 0 Å². The van der Waals surface area contributed by atoms with Crippen molar-refractivity contribution >= 4 is 66.4 Å². The Morgan fingerprint density at radius 3 is 1.84 bits per heavy atom. The van der Waals surface area contributed by atoms with Crippen molar-refractivity contribution in [2.45, 2.75) is 19.3 Å². The summed E-state index contributed by atoms with van der Waals surface area (Å²) in [6.07, 6.45) is 0. The van der Waals surface area contributed by atoms with Crippen LogP contribution >= 0.6 is 7.14 Å². The van der Waals surface area contributed by atoms with Gasteiger partial charge in [-0.15, -0.1) is 0 Å². The van der Waals surface area contributed by atoms with Crippen LogP contribution in [0.4, 0.5) is 0 Å². The highest BCUT2D eigenvalue weighted by Gasteiger charge is 2.35. The highest BCUT2D eigenvalue weighted by molar-refractivity contribution is 7.85. The Kier molecular flexibility index (Phi) is 6.23. The van der Waals surface area contributed by atoms with Gasteiger partial charge in [-0.1, -0.05) is 153 Å². The van der Waals surface area contributed by atoms with Crippen LogP contribution in [0, 0.1) is 0 Å². The third-order valence-corrected chi connectivity index (χ3v) is 14.1. The van der Waals surface area contributed by atoms with Gasteiger partial charge in [0.05, 0.1) is 11.0 Å². The van der Waals surface area contributed by atoms with E-state index in [1.807, 2.05) is 60.7 Å². The minimum absolute atomic E-state index is 0.122. The van der Waals surface area contributed by atoms with E-state index >= 15 is 4.57 Å². The van der Waals surface area contributed by atoms with Crippen molar-refractivity contribution in [3.05, 3.63) is 181 Å². The second kappa shape index (κ2) is 10.7. The summed E-state index contributed by atoms with van der Waals surface area (Å²) >= 11 is 0.